The number of carboxylic acids is 1. The van der Waals surface area contributed by atoms with Crippen LogP contribution >= 0.6 is 0 Å². The van der Waals surface area contributed by atoms with Gasteiger partial charge in [0.2, 0.25) is 0 Å². The van der Waals surface area contributed by atoms with Gasteiger partial charge >= 0.3 is 5.97 Å². The average Bonchev–Trinajstić information content (AvgIpc) is 1.86. The molecule has 0 aliphatic heterocycles. The second kappa shape index (κ2) is 4.87. The minimum Gasteiger partial charge on any atom is -0.480 e. The van der Waals surface area contributed by atoms with Crippen LogP contribution < -0.4 is 5.73 Å². The summed E-state index contributed by atoms with van der Waals surface area (Å²) in [5, 5.41) is 8.38. The van der Waals surface area contributed by atoms with Crippen LogP contribution in [0.5, 0.6) is 0 Å². The molecule has 0 amide bonds. The maximum atomic E-state index is 10.2. The van der Waals surface area contributed by atoms with Crippen LogP contribution in [0, 0.1) is 0 Å². The smallest absolute Gasteiger partial charge is 0.317 e. The van der Waals surface area contributed by atoms with Gasteiger partial charge in [-0.3, -0.25) is 9.69 Å². The first-order valence-electron chi connectivity index (χ1n) is 3.38. The molecule has 1 atom stereocenters. The van der Waals surface area contributed by atoms with Crippen LogP contribution in [0.3, 0.4) is 0 Å². The molecule has 0 bridgehead atoms. The molecular formula is C7H14N2O2. The topological polar surface area (TPSA) is 66.6 Å². The fraction of sp³-hybridized carbons (Fsp3) is 0.571. The monoisotopic (exact) mass is 158 g/mol. The zero-order valence-electron chi connectivity index (χ0n) is 6.82. The fourth-order valence-electron chi connectivity index (χ4n) is 0.663. The van der Waals surface area contributed by atoms with E-state index in [0.29, 0.717) is 0 Å². The van der Waals surface area contributed by atoms with E-state index in [4.69, 9.17) is 10.8 Å². The Morgan fingerprint density at radius 2 is 2.36 bits per heavy atom. The van der Waals surface area contributed by atoms with Crippen molar-refractivity contribution in [2.75, 3.05) is 13.6 Å². The highest BCUT2D eigenvalue weighted by Crippen LogP contribution is 1.89. The second-order valence-corrected chi connectivity index (χ2v) is 2.33. The molecule has 3 N–H and O–H groups in total. The van der Waals surface area contributed by atoms with Crippen molar-refractivity contribution in [2.45, 2.75) is 13.1 Å². The van der Waals surface area contributed by atoms with E-state index in [2.05, 4.69) is 0 Å². The molecule has 1 unspecified atom stereocenters. The Morgan fingerprint density at radius 1 is 1.82 bits per heavy atom. The first kappa shape index (κ1) is 10.1. The molecule has 0 aromatic carbocycles. The zero-order valence-corrected chi connectivity index (χ0v) is 6.82. The number of nitrogens with zero attached hydrogens (tertiary/aromatic N) is 1. The minimum absolute atomic E-state index is 0.0362. The quantitative estimate of drug-likeness (QED) is 0.441. The van der Waals surface area contributed by atoms with Crippen LogP contribution in [0.25, 0.3) is 0 Å². The number of carboxylic acid groups (broad SMARTS) is 1. The average molecular weight is 158 g/mol. The molecule has 0 fully saturated rings. The molecule has 0 saturated heterocycles. The van der Waals surface area contributed by atoms with Gasteiger partial charge in [-0.15, -0.1) is 0 Å². The first-order valence-corrected chi connectivity index (χ1v) is 3.38. The summed E-state index contributed by atoms with van der Waals surface area (Å²) in [5.41, 5.74) is 5.55. The summed E-state index contributed by atoms with van der Waals surface area (Å²) in [4.78, 5) is 11.7. The largest absolute Gasteiger partial charge is 0.480 e. The molecule has 0 aliphatic rings. The Bertz CT molecular complexity index is 157. The molecule has 0 aliphatic carbocycles. The molecule has 4 nitrogen and oxygen atoms in total. The van der Waals surface area contributed by atoms with Gasteiger partial charge < -0.3 is 10.8 Å². The number of hydrogen-bond acceptors (Lipinski definition) is 3. The highest BCUT2D eigenvalue weighted by molar-refractivity contribution is 5.69. The third-order valence-electron chi connectivity index (χ3n) is 1.28. The Hall–Kier alpha value is -0.870. The van der Waals surface area contributed by atoms with E-state index in [-0.39, 0.29) is 12.7 Å². The summed E-state index contributed by atoms with van der Waals surface area (Å²) in [7, 11) is 1.67. The van der Waals surface area contributed by atoms with Gasteiger partial charge in [-0.05, 0) is 14.0 Å². The Morgan fingerprint density at radius 3 is 2.73 bits per heavy atom. The lowest BCUT2D eigenvalue weighted by Crippen LogP contribution is -2.40. The number of carbonyl (C=O) groups is 1. The molecule has 0 rings (SSSR count). The van der Waals surface area contributed by atoms with Gasteiger partial charge in [0.15, 0.2) is 0 Å². The van der Waals surface area contributed by atoms with E-state index in [9.17, 15) is 4.79 Å². The van der Waals surface area contributed by atoms with Crippen LogP contribution in [0.4, 0.5) is 0 Å². The molecule has 0 spiro atoms. The normalized spacial score (nSPS) is 14.2. The second-order valence-electron chi connectivity index (χ2n) is 2.33. The summed E-state index contributed by atoms with van der Waals surface area (Å²) < 4.78 is 0. The summed E-state index contributed by atoms with van der Waals surface area (Å²) in [6.45, 7) is 1.81. The standard InChI is InChI=1S/C7H14N2O2/c1-3-4-6(8)9(2)5-7(10)11/h3-4,6H,5,8H2,1-2H3,(H,10,11). The minimum atomic E-state index is -0.868. The predicted molar refractivity (Wildman–Crippen MR) is 43.1 cm³/mol. The third-order valence-corrected chi connectivity index (χ3v) is 1.28. The maximum absolute atomic E-state index is 10.2. The predicted octanol–water partition coefficient (Wildman–Crippen LogP) is -0.136. The number of allylic oxidation sites excluding steroid dienone is 1. The number of nitrogens with two attached hydrogens (primary N) is 1. The molecule has 0 saturated carbocycles. The van der Waals surface area contributed by atoms with E-state index in [0.717, 1.165) is 0 Å². The highest BCUT2D eigenvalue weighted by atomic mass is 16.4. The van der Waals surface area contributed by atoms with Crippen molar-refractivity contribution >= 4 is 5.97 Å². The van der Waals surface area contributed by atoms with Crippen molar-refractivity contribution in [3.8, 4) is 0 Å². The SMILES string of the molecule is CC=CC(N)N(C)CC(=O)O. The molecule has 4 heteroatoms. The molecule has 0 radical (unpaired) electrons. The fourth-order valence-corrected chi connectivity index (χ4v) is 0.663. The van der Waals surface area contributed by atoms with E-state index in [1.165, 1.54) is 0 Å². The van der Waals surface area contributed by atoms with Gasteiger partial charge in [0.05, 0.1) is 12.7 Å². The van der Waals surface area contributed by atoms with E-state index >= 15 is 0 Å². The van der Waals surface area contributed by atoms with Crippen LogP contribution in [-0.2, 0) is 4.79 Å². The summed E-state index contributed by atoms with van der Waals surface area (Å²) in [5.74, 6) is -0.868. The molecule has 0 aromatic heterocycles. The van der Waals surface area contributed by atoms with Crippen molar-refractivity contribution in [1.29, 1.82) is 0 Å². The van der Waals surface area contributed by atoms with E-state index < -0.39 is 5.97 Å². The van der Waals surface area contributed by atoms with Gasteiger partial charge in [-0.25, -0.2) is 0 Å². The van der Waals surface area contributed by atoms with Crippen LogP contribution in [-0.4, -0.2) is 35.7 Å². The van der Waals surface area contributed by atoms with Gasteiger partial charge in [0.1, 0.15) is 0 Å². The molecule has 11 heavy (non-hydrogen) atoms. The third kappa shape index (κ3) is 4.52. The van der Waals surface area contributed by atoms with Gasteiger partial charge in [-0.2, -0.15) is 0 Å². The maximum Gasteiger partial charge on any atom is 0.317 e. The molecule has 0 aromatic rings. The van der Waals surface area contributed by atoms with Crippen molar-refractivity contribution in [2.24, 2.45) is 5.73 Å². The van der Waals surface area contributed by atoms with Gasteiger partial charge in [0.25, 0.3) is 0 Å². The van der Waals surface area contributed by atoms with Crippen molar-refractivity contribution in [3.05, 3.63) is 12.2 Å². The summed E-state index contributed by atoms with van der Waals surface area (Å²) in [6.07, 6.45) is 3.22. The van der Waals surface area contributed by atoms with Crippen molar-refractivity contribution in [3.63, 3.8) is 0 Å². The summed E-state index contributed by atoms with van der Waals surface area (Å²) >= 11 is 0. The molecular weight excluding hydrogens is 144 g/mol. The molecule has 64 valence electrons. The van der Waals surface area contributed by atoms with E-state index in [1.807, 2.05) is 6.92 Å². The van der Waals surface area contributed by atoms with Gasteiger partial charge in [-0.1, -0.05) is 12.2 Å². The number of aliphatic carboxylic acids is 1. The Kier molecular flexibility index (Phi) is 4.49. The lowest BCUT2D eigenvalue weighted by Gasteiger charge is -2.18. The van der Waals surface area contributed by atoms with Gasteiger partial charge in [0, 0.05) is 0 Å². The Labute approximate surface area is 66.3 Å². The summed E-state index contributed by atoms with van der Waals surface area (Å²) in [6, 6.07) is 0. The number of likely N-dealkylation sites (N-methyl/N-ethyl adjacent to an activating group) is 1. The number of rotatable bonds is 4. The zero-order chi connectivity index (χ0) is 8.85. The van der Waals surface area contributed by atoms with Crippen LogP contribution in [0.1, 0.15) is 6.92 Å². The van der Waals surface area contributed by atoms with E-state index in [1.54, 1.807) is 24.1 Å². The van der Waals surface area contributed by atoms with Crippen LogP contribution in [0.15, 0.2) is 12.2 Å². The Balaban J connectivity index is 3.81. The lowest BCUT2D eigenvalue weighted by atomic mass is 10.4. The lowest BCUT2D eigenvalue weighted by molar-refractivity contribution is -0.138. The number of hydrogen-bond donors (Lipinski definition) is 2. The molecule has 0 heterocycles. The first-order chi connectivity index (χ1) is 5.07. The van der Waals surface area contributed by atoms with Crippen molar-refractivity contribution in [1.82, 2.24) is 4.90 Å². The van der Waals surface area contributed by atoms with Crippen molar-refractivity contribution < 1.29 is 9.90 Å². The van der Waals surface area contributed by atoms with Crippen LogP contribution in [0.2, 0.25) is 0 Å². The highest BCUT2D eigenvalue weighted by Gasteiger charge is 2.08.